The topological polar surface area (TPSA) is 9.23 Å². The number of hydrogen-bond acceptors (Lipinski definition) is 1. The van der Waals surface area contributed by atoms with Crippen LogP contribution in [0.4, 0.5) is 0 Å². The third-order valence-electron chi connectivity index (χ3n) is 4.66. The third-order valence-corrected chi connectivity index (χ3v) is 4.66. The average molecular weight is 348 g/mol. The quantitative estimate of drug-likeness (QED) is 0.537. The Balaban J connectivity index is 0.000000187. The normalized spacial score (nSPS) is 29.6. The molecular weight excluding hydrogens is 324 g/mol. The van der Waals surface area contributed by atoms with Gasteiger partial charge in [0.25, 0.3) is 0 Å². The summed E-state index contributed by atoms with van der Waals surface area (Å²) in [4.78, 5) is 0. The van der Waals surface area contributed by atoms with Gasteiger partial charge in [0.1, 0.15) is 0 Å². The largest absolute Gasteiger partial charge is 2.00 e. The van der Waals surface area contributed by atoms with E-state index in [2.05, 4.69) is 6.07 Å². The smallest absolute Gasteiger partial charge is 0.522 e. The molecule has 1 aromatic carbocycles. The van der Waals surface area contributed by atoms with Gasteiger partial charge in [-0.2, -0.15) is 37.5 Å². The number of rotatable bonds is 1. The zero-order chi connectivity index (χ0) is 12.4. The van der Waals surface area contributed by atoms with Crippen molar-refractivity contribution in [3.8, 4) is 5.75 Å². The first-order valence-electron chi connectivity index (χ1n) is 7.17. The van der Waals surface area contributed by atoms with Crippen molar-refractivity contribution in [2.45, 2.75) is 38.5 Å². The summed E-state index contributed by atoms with van der Waals surface area (Å²) < 4.78 is 4.89. The predicted molar refractivity (Wildman–Crippen MR) is 89.3 cm³/mol. The van der Waals surface area contributed by atoms with Crippen molar-refractivity contribution in [1.29, 1.82) is 0 Å². The minimum Gasteiger partial charge on any atom is -0.522 e. The predicted octanol–water partition coefficient (Wildman–Crippen LogP) is 4.48. The summed E-state index contributed by atoms with van der Waals surface area (Å²) >= 11 is 0. The Bertz CT molecular complexity index is 325. The molecule has 0 heterocycles. The van der Waals surface area contributed by atoms with Crippen molar-refractivity contribution in [2.75, 3.05) is 7.11 Å². The summed E-state index contributed by atoms with van der Waals surface area (Å²) in [5, 5.41) is 0. The molecule has 4 aliphatic rings. The van der Waals surface area contributed by atoms with E-state index in [1.807, 2.05) is 30.2 Å². The van der Waals surface area contributed by atoms with E-state index in [0.29, 0.717) is 0 Å². The van der Waals surface area contributed by atoms with Gasteiger partial charge in [0, 0.05) is 5.75 Å². The molecule has 0 radical (unpaired) electrons. The maximum absolute atomic E-state index is 4.89. The summed E-state index contributed by atoms with van der Waals surface area (Å²) in [7, 11) is 1.65. The molecular formula is C17H23BrMgO. The molecule has 106 valence electrons. The molecule has 0 atom stereocenters. The van der Waals surface area contributed by atoms with Gasteiger partial charge in [0.05, 0.1) is 7.11 Å². The van der Waals surface area contributed by atoms with Crippen molar-refractivity contribution in [3.63, 3.8) is 0 Å². The van der Waals surface area contributed by atoms with E-state index >= 15 is 0 Å². The molecule has 0 unspecified atom stereocenters. The third kappa shape index (κ3) is 4.64. The van der Waals surface area contributed by atoms with E-state index < -0.39 is 0 Å². The van der Waals surface area contributed by atoms with E-state index in [1.54, 1.807) is 26.4 Å². The molecule has 4 bridgehead atoms. The molecule has 20 heavy (non-hydrogen) atoms. The summed E-state index contributed by atoms with van der Waals surface area (Å²) in [6, 6.07) is 10.2. The van der Waals surface area contributed by atoms with Gasteiger partial charge in [-0.05, 0) is 0 Å². The maximum Gasteiger partial charge on any atom is 2.00 e. The van der Waals surface area contributed by atoms with Gasteiger partial charge in [-0.3, -0.25) is 0 Å². The fourth-order valence-electron chi connectivity index (χ4n) is 4.19. The van der Waals surface area contributed by atoms with Crippen LogP contribution in [0.5, 0.6) is 5.75 Å². The zero-order valence-electron chi connectivity index (χ0n) is 12.3. The van der Waals surface area contributed by atoms with Gasteiger partial charge in [-0.1, -0.05) is 37.0 Å². The minimum absolute atomic E-state index is 0. The first-order valence-corrected chi connectivity index (χ1v) is 7.17. The maximum atomic E-state index is 4.89. The molecule has 1 aromatic rings. The molecule has 4 aliphatic carbocycles. The van der Waals surface area contributed by atoms with Crippen LogP contribution in [-0.4, -0.2) is 30.2 Å². The monoisotopic (exact) mass is 346 g/mol. The Morgan fingerprint density at radius 3 is 1.75 bits per heavy atom. The first kappa shape index (κ1) is 18.3. The van der Waals surface area contributed by atoms with Crippen LogP contribution in [0.1, 0.15) is 38.5 Å². The van der Waals surface area contributed by atoms with E-state index in [9.17, 15) is 0 Å². The Kier molecular flexibility index (Phi) is 7.92. The minimum atomic E-state index is 0. The van der Waals surface area contributed by atoms with Gasteiger partial charge in [-0.25, -0.2) is 0 Å². The van der Waals surface area contributed by atoms with Gasteiger partial charge in [0.15, 0.2) is 0 Å². The van der Waals surface area contributed by atoms with Crippen LogP contribution in [0.25, 0.3) is 0 Å². The van der Waals surface area contributed by atoms with Crippen molar-refractivity contribution in [3.05, 3.63) is 36.2 Å². The van der Waals surface area contributed by atoms with Gasteiger partial charge in [0.2, 0.25) is 0 Å². The fourth-order valence-corrected chi connectivity index (χ4v) is 4.19. The molecule has 4 fully saturated rings. The Morgan fingerprint density at radius 2 is 1.45 bits per heavy atom. The molecule has 5 rings (SSSR count). The second-order valence-electron chi connectivity index (χ2n) is 6.11. The summed E-state index contributed by atoms with van der Waals surface area (Å²) in [6.07, 6.45) is 9.31. The molecule has 4 saturated carbocycles. The Labute approximate surface area is 149 Å². The van der Waals surface area contributed by atoms with E-state index in [4.69, 9.17) is 4.74 Å². The molecule has 0 aromatic heterocycles. The van der Waals surface area contributed by atoms with Crippen molar-refractivity contribution >= 4 is 40.0 Å². The number of hydrogen-bond donors (Lipinski definition) is 0. The van der Waals surface area contributed by atoms with Crippen LogP contribution in [0.3, 0.4) is 0 Å². The molecule has 0 N–H and O–H groups in total. The first-order chi connectivity index (χ1) is 8.83. The molecule has 0 spiro atoms. The van der Waals surface area contributed by atoms with Crippen LogP contribution >= 0.6 is 17.0 Å². The van der Waals surface area contributed by atoms with Crippen LogP contribution in [0.15, 0.2) is 24.3 Å². The van der Waals surface area contributed by atoms with Crippen LogP contribution in [-0.2, 0) is 0 Å². The number of halogens is 1. The fraction of sp³-hybridized carbons (Fsp3) is 0.588. The molecule has 0 amide bonds. The summed E-state index contributed by atoms with van der Waals surface area (Å²) in [5.74, 6) is 6.23. The molecule has 3 heteroatoms. The Morgan fingerprint density at radius 1 is 1.00 bits per heavy atom. The van der Waals surface area contributed by atoms with Gasteiger partial charge >= 0.3 is 23.1 Å². The number of methoxy groups -OCH3 is 1. The van der Waals surface area contributed by atoms with Gasteiger partial charge < -0.3 is 10.7 Å². The molecule has 0 aliphatic heterocycles. The SMILES string of the molecule is Br.C1[C-]2CC3CC1CC(C2)C3.COc1cc[c-]cc1.[Mg+2]. The second-order valence-corrected chi connectivity index (χ2v) is 6.11. The second kappa shape index (κ2) is 8.65. The zero-order valence-corrected chi connectivity index (χ0v) is 15.4. The van der Waals surface area contributed by atoms with E-state index in [-0.39, 0.29) is 40.0 Å². The van der Waals surface area contributed by atoms with Crippen molar-refractivity contribution in [1.82, 2.24) is 0 Å². The van der Waals surface area contributed by atoms with Gasteiger partial charge in [-0.15, -0.1) is 29.1 Å². The molecule has 0 saturated heterocycles. The van der Waals surface area contributed by atoms with Crippen molar-refractivity contribution < 1.29 is 4.74 Å². The summed E-state index contributed by atoms with van der Waals surface area (Å²) in [6.45, 7) is 0. The molecule has 1 nitrogen and oxygen atoms in total. The van der Waals surface area contributed by atoms with E-state index in [1.165, 1.54) is 19.3 Å². The average Bonchev–Trinajstić information content (AvgIpc) is 2.39. The Hall–Kier alpha value is 0.266. The number of benzene rings is 1. The van der Waals surface area contributed by atoms with Crippen molar-refractivity contribution in [2.24, 2.45) is 17.8 Å². The van der Waals surface area contributed by atoms with Crippen LogP contribution < -0.4 is 4.74 Å². The summed E-state index contributed by atoms with van der Waals surface area (Å²) in [5.41, 5.74) is 0. The van der Waals surface area contributed by atoms with Crippen LogP contribution in [0.2, 0.25) is 0 Å². The van der Waals surface area contributed by atoms with Crippen LogP contribution in [0, 0.1) is 29.7 Å². The number of ether oxygens (including phenoxy) is 1. The van der Waals surface area contributed by atoms with E-state index in [0.717, 1.165) is 23.5 Å². The standard InChI is InChI=1S/C10H15.C7H7O.BrH.Mg/c1-7-2-9-4-8(1)5-10(3-7)6-9;1-8-7-5-3-2-4-6-7;;/h7-9H,1-6H2;3-6H,1H3;1H;/q2*-1;;+2.